The van der Waals surface area contributed by atoms with Crippen LogP contribution in [-0.4, -0.2) is 22.1 Å². The highest BCUT2D eigenvalue weighted by molar-refractivity contribution is 6.34. The Morgan fingerprint density at radius 3 is 0.818 bits per heavy atom. The molecule has 0 aromatic heterocycles. The van der Waals surface area contributed by atoms with Crippen LogP contribution in [0.25, 0.3) is 0 Å². The van der Waals surface area contributed by atoms with E-state index in [0.29, 0.717) is 0 Å². The van der Waals surface area contributed by atoms with Crippen molar-refractivity contribution >= 4 is 23.2 Å². The molecule has 0 fully saturated rings. The normalized spacial score (nSPS) is 18.3. The summed E-state index contributed by atoms with van der Waals surface area (Å²) in [6.45, 7) is 0. The first-order valence-corrected chi connectivity index (χ1v) is 5.15. The summed E-state index contributed by atoms with van der Waals surface area (Å²) < 4.78 is 150. The lowest BCUT2D eigenvalue weighted by Gasteiger charge is -2.37. The van der Waals surface area contributed by atoms with Gasteiger partial charge in [0.15, 0.2) is 0 Å². The molecule has 0 aliphatic rings. The number of hydrogen-bond acceptors (Lipinski definition) is 0. The van der Waals surface area contributed by atoms with Crippen LogP contribution in [0.5, 0.6) is 0 Å². The number of allylic oxidation sites excluding steroid dienone is 2. The van der Waals surface area contributed by atoms with Gasteiger partial charge in [0.1, 0.15) is 0 Å². The van der Waals surface area contributed by atoms with Crippen LogP contribution in [-0.2, 0) is 0 Å². The van der Waals surface area contributed by atoms with E-state index in [4.69, 9.17) is 0 Å². The number of rotatable bonds is 5. The van der Waals surface area contributed by atoms with Gasteiger partial charge in [0.05, 0.1) is 0 Å². The summed E-state index contributed by atoms with van der Waals surface area (Å²) in [6, 6.07) is 0. The smallest absolute Gasteiger partial charge is 0.213 e. The first-order valence-electron chi connectivity index (χ1n) is 4.40. The minimum atomic E-state index is -6.57. The van der Waals surface area contributed by atoms with Crippen molar-refractivity contribution in [1.82, 2.24) is 0 Å². The van der Waals surface area contributed by atoms with Gasteiger partial charge in [0.2, 0.25) is 11.7 Å². The minimum Gasteiger partial charge on any atom is -0.213 e. The monoisotopic (exact) mass is 394 g/mol. The fourth-order valence-corrected chi connectivity index (χ4v) is 1.31. The maximum absolute atomic E-state index is 13.4. The third-order valence-electron chi connectivity index (χ3n) is 2.07. The average molecular weight is 395 g/mol. The molecule has 0 rings (SSSR count). The molecule has 0 saturated carbocycles. The molecule has 0 bridgehead atoms. The quantitative estimate of drug-likeness (QED) is 0.383. The fourth-order valence-electron chi connectivity index (χ4n) is 0.907. The van der Waals surface area contributed by atoms with Crippen molar-refractivity contribution in [3.63, 3.8) is 0 Å². The van der Waals surface area contributed by atoms with E-state index in [-0.39, 0.29) is 0 Å². The van der Waals surface area contributed by atoms with Gasteiger partial charge in [0.25, 0.3) is 0 Å². The van der Waals surface area contributed by atoms with Crippen LogP contribution in [0.1, 0.15) is 0 Å². The van der Waals surface area contributed by atoms with Gasteiger partial charge in [-0.25, -0.2) is 8.78 Å². The molecule has 0 saturated heterocycles. The van der Waals surface area contributed by atoms with Crippen molar-refractivity contribution in [3.8, 4) is 0 Å². The Labute approximate surface area is 123 Å². The molecule has 0 aliphatic carbocycles. The molecule has 0 radical (unpaired) electrons. The van der Waals surface area contributed by atoms with Gasteiger partial charge < -0.3 is 0 Å². The highest BCUT2D eigenvalue weighted by Gasteiger charge is 2.80. The third-order valence-corrected chi connectivity index (χ3v) is 3.16. The van der Waals surface area contributed by atoms with Crippen LogP contribution in [0, 0.1) is 0 Å². The van der Waals surface area contributed by atoms with Crippen LogP contribution >= 0.6 is 23.2 Å². The molecule has 0 heterocycles. The summed E-state index contributed by atoms with van der Waals surface area (Å²) in [5, 5.41) is -12.6. The summed E-state index contributed by atoms with van der Waals surface area (Å²) in [6.07, 6.45) is -8.01. The van der Waals surface area contributed by atoms with E-state index < -0.39 is 45.9 Å². The van der Waals surface area contributed by atoms with Crippen LogP contribution in [0.2, 0.25) is 0 Å². The molecular formula is C8Cl2F12. The average Bonchev–Trinajstić information content (AvgIpc) is 2.35. The summed E-state index contributed by atoms with van der Waals surface area (Å²) in [5.74, 6) is -21.4. The van der Waals surface area contributed by atoms with Gasteiger partial charge in [-0.05, 0) is 0 Å². The maximum Gasteiger partial charge on any atom is 0.356 e. The van der Waals surface area contributed by atoms with Gasteiger partial charge in [-0.15, -0.1) is 0 Å². The molecule has 0 aliphatic heterocycles. The summed E-state index contributed by atoms with van der Waals surface area (Å²) in [5.41, 5.74) is 0. The summed E-state index contributed by atoms with van der Waals surface area (Å²) >= 11 is 7.89. The Morgan fingerprint density at radius 1 is 0.500 bits per heavy atom. The Bertz CT molecular complexity index is 451. The number of alkyl halides is 8. The van der Waals surface area contributed by atoms with E-state index in [1.807, 2.05) is 0 Å². The zero-order chi connectivity index (χ0) is 18.3. The SMILES string of the molecule is FC(F)=C(F)C(F)(F)C(F)(Cl)C(F)(Cl)C(F)(F)C(F)=C(F)F. The van der Waals surface area contributed by atoms with Crippen LogP contribution < -0.4 is 0 Å². The molecule has 0 amide bonds. The first kappa shape index (κ1) is 21.2. The van der Waals surface area contributed by atoms with E-state index in [9.17, 15) is 52.7 Å². The summed E-state index contributed by atoms with van der Waals surface area (Å²) in [4.78, 5) is 0. The Kier molecular flexibility index (Phi) is 5.81. The maximum atomic E-state index is 13.4. The molecule has 14 heteroatoms. The highest BCUT2D eigenvalue weighted by Crippen LogP contribution is 2.60. The van der Waals surface area contributed by atoms with Crippen molar-refractivity contribution in [1.29, 1.82) is 0 Å². The van der Waals surface area contributed by atoms with Crippen LogP contribution in [0.4, 0.5) is 52.7 Å². The van der Waals surface area contributed by atoms with Gasteiger partial charge in [-0.3, -0.25) is 0 Å². The lowest BCUT2D eigenvalue weighted by Crippen LogP contribution is -2.61. The van der Waals surface area contributed by atoms with E-state index in [2.05, 4.69) is 23.2 Å². The largest absolute Gasteiger partial charge is 0.356 e. The molecular weight excluding hydrogens is 395 g/mol. The second-order valence-electron chi connectivity index (χ2n) is 3.45. The molecule has 0 nitrogen and oxygen atoms in total. The molecule has 22 heavy (non-hydrogen) atoms. The van der Waals surface area contributed by atoms with Gasteiger partial charge in [-0.2, -0.15) is 43.9 Å². The molecule has 0 aromatic carbocycles. The lowest BCUT2D eigenvalue weighted by atomic mass is 10.0. The lowest BCUT2D eigenvalue weighted by molar-refractivity contribution is -0.190. The minimum absolute atomic E-state index is 3.95. The van der Waals surface area contributed by atoms with Crippen molar-refractivity contribution in [3.05, 3.63) is 23.8 Å². The van der Waals surface area contributed by atoms with E-state index >= 15 is 0 Å². The second kappa shape index (κ2) is 6.02. The Balaban J connectivity index is 6.32. The molecule has 0 aromatic rings. The van der Waals surface area contributed by atoms with Gasteiger partial charge in [-0.1, -0.05) is 23.2 Å². The molecule has 2 atom stereocenters. The molecule has 0 spiro atoms. The van der Waals surface area contributed by atoms with Crippen molar-refractivity contribution < 1.29 is 52.7 Å². The standard InChI is InChI=1S/C8Cl2F12/c9-7(21,5(17,18)1(11)3(13)14)8(10,22)6(19,20)2(12)4(15)16. The number of hydrogen-bond donors (Lipinski definition) is 0. The predicted octanol–water partition coefficient (Wildman–Crippen LogP) is 6.22. The predicted molar refractivity (Wildman–Crippen MR) is 50.0 cm³/mol. The molecule has 0 N–H and O–H groups in total. The van der Waals surface area contributed by atoms with Gasteiger partial charge >= 0.3 is 34.3 Å². The zero-order valence-corrected chi connectivity index (χ0v) is 10.8. The van der Waals surface area contributed by atoms with Crippen molar-refractivity contribution in [2.75, 3.05) is 0 Å². The van der Waals surface area contributed by atoms with E-state index in [1.54, 1.807) is 0 Å². The summed E-state index contributed by atoms with van der Waals surface area (Å²) in [7, 11) is 0. The zero-order valence-electron chi connectivity index (χ0n) is 9.29. The first-order chi connectivity index (χ1) is 9.46. The fraction of sp³-hybridized carbons (Fsp3) is 0.500. The van der Waals surface area contributed by atoms with Crippen LogP contribution in [0.3, 0.4) is 0 Å². The van der Waals surface area contributed by atoms with Crippen LogP contribution in [0.15, 0.2) is 23.8 Å². The second-order valence-corrected chi connectivity index (χ2v) is 4.49. The highest BCUT2D eigenvalue weighted by atomic mass is 35.5. The Morgan fingerprint density at radius 2 is 0.682 bits per heavy atom. The van der Waals surface area contributed by atoms with E-state index in [1.165, 1.54) is 0 Å². The van der Waals surface area contributed by atoms with Gasteiger partial charge in [0, 0.05) is 0 Å². The van der Waals surface area contributed by atoms with Crippen molar-refractivity contribution in [2.45, 2.75) is 22.1 Å². The number of halogens is 14. The topological polar surface area (TPSA) is 0 Å². The third kappa shape index (κ3) is 2.99. The molecule has 2 unspecified atom stereocenters. The Hall–Kier alpha value is -0.780. The molecule has 130 valence electrons. The van der Waals surface area contributed by atoms with Crippen molar-refractivity contribution in [2.24, 2.45) is 0 Å². The van der Waals surface area contributed by atoms with E-state index in [0.717, 1.165) is 0 Å².